The van der Waals surface area contributed by atoms with Gasteiger partial charge in [-0.25, -0.2) is 0 Å². The van der Waals surface area contributed by atoms with E-state index in [0.29, 0.717) is 17.8 Å². The molecule has 5 nitrogen and oxygen atoms in total. The number of carbonyl (C=O) groups excluding carboxylic acids is 2. The van der Waals surface area contributed by atoms with Gasteiger partial charge >= 0.3 is 0 Å². The third-order valence-electron chi connectivity index (χ3n) is 2.79. The van der Waals surface area contributed by atoms with Crippen molar-refractivity contribution in [3.8, 4) is 0 Å². The zero-order chi connectivity index (χ0) is 15.1. The molecule has 0 aliphatic carbocycles. The largest absolute Gasteiger partial charge is 0.350 e. The fourth-order valence-electron chi connectivity index (χ4n) is 1.71. The first kappa shape index (κ1) is 19.4. The maximum absolute atomic E-state index is 11.8. The third-order valence-corrected chi connectivity index (χ3v) is 2.79. The van der Waals surface area contributed by atoms with Gasteiger partial charge in [-0.1, -0.05) is 6.92 Å². The first-order valence-electron chi connectivity index (χ1n) is 6.80. The number of rotatable bonds is 6. The predicted octanol–water partition coefficient (Wildman–Crippen LogP) is 2.04. The standard InChI is InChI=1S/C15H23N3O2.ClH/c1-10(2)17-15(20)12-5-7-13(8-6-12)18-14(19)11(3)9-16-4;/h5-8,10-11,16H,9H2,1-4H3,(H,17,20)(H,18,19);1H. The van der Waals surface area contributed by atoms with E-state index >= 15 is 0 Å². The predicted molar refractivity (Wildman–Crippen MR) is 88.0 cm³/mol. The average Bonchev–Trinajstić information content (AvgIpc) is 2.39. The second-order valence-electron chi connectivity index (χ2n) is 5.15. The van der Waals surface area contributed by atoms with E-state index in [9.17, 15) is 9.59 Å². The number of benzene rings is 1. The number of nitrogens with one attached hydrogen (secondary N) is 3. The smallest absolute Gasteiger partial charge is 0.251 e. The number of anilines is 1. The van der Waals surface area contributed by atoms with Gasteiger partial charge in [0, 0.05) is 29.8 Å². The Bertz CT molecular complexity index is 460. The van der Waals surface area contributed by atoms with Crippen molar-refractivity contribution >= 4 is 29.9 Å². The number of hydrogen-bond donors (Lipinski definition) is 3. The Morgan fingerprint density at radius 1 is 1.10 bits per heavy atom. The summed E-state index contributed by atoms with van der Waals surface area (Å²) in [7, 11) is 1.81. The van der Waals surface area contributed by atoms with Crippen LogP contribution in [0, 0.1) is 5.92 Å². The Balaban J connectivity index is 0.00000400. The van der Waals surface area contributed by atoms with Gasteiger partial charge in [-0.2, -0.15) is 0 Å². The van der Waals surface area contributed by atoms with Crippen molar-refractivity contribution in [2.75, 3.05) is 18.9 Å². The van der Waals surface area contributed by atoms with E-state index in [0.717, 1.165) is 0 Å². The molecule has 3 N–H and O–H groups in total. The molecule has 0 spiro atoms. The molecule has 1 rings (SSSR count). The Morgan fingerprint density at radius 3 is 2.14 bits per heavy atom. The summed E-state index contributed by atoms with van der Waals surface area (Å²) >= 11 is 0. The lowest BCUT2D eigenvalue weighted by Gasteiger charge is -2.12. The van der Waals surface area contributed by atoms with E-state index in [1.54, 1.807) is 24.3 Å². The molecule has 0 fully saturated rings. The minimum absolute atomic E-state index is 0. The van der Waals surface area contributed by atoms with Crippen LogP contribution in [0.15, 0.2) is 24.3 Å². The Morgan fingerprint density at radius 2 is 1.67 bits per heavy atom. The van der Waals surface area contributed by atoms with Crippen LogP contribution in [0.2, 0.25) is 0 Å². The van der Waals surface area contributed by atoms with E-state index < -0.39 is 0 Å². The molecule has 0 aromatic heterocycles. The highest BCUT2D eigenvalue weighted by Gasteiger charge is 2.12. The summed E-state index contributed by atoms with van der Waals surface area (Å²) in [4.78, 5) is 23.6. The van der Waals surface area contributed by atoms with Gasteiger partial charge in [-0.15, -0.1) is 12.4 Å². The van der Waals surface area contributed by atoms with E-state index in [1.165, 1.54) is 0 Å². The second kappa shape index (κ2) is 9.37. The lowest BCUT2D eigenvalue weighted by molar-refractivity contribution is -0.119. The summed E-state index contributed by atoms with van der Waals surface area (Å²) in [6.45, 7) is 6.31. The molecule has 1 atom stereocenters. The van der Waals surface area contributed by atoms with Crippen LogP contribution in [0.25, 0.3) is 0 Å². The molecule has 21 heavy (non-hydrogen) atoms. The number of amides is 2. The van der Waals surface area contributed by atoms with Gasteiger partial charge in [0.25, 0.3) is 5.91 Å². The summed E-state index contributed by atoms with van der Waals surface area (Å²) in [5.41, 5.74) is 1.28. The van der Waals surface area contributed by atoms with Crippen molar-refractivity contribution in [3.05, 3.63) is 29.8 Å². The van der Waals surface area contributed by atoms with Gasteiger partial charge in [-0.3, -0.25) is 9.59 Å². The van der Waals surface area contributed by atoms with Gasteiger partial charge in [0.2, 0.25) is 5.91 Å². The van der Waals surface area contributed by atoms with Crippen LogP contribution < -0.4 is 16.0 Å². The lowest BCUT2D eigenvalue weighted by atomic mass is 10.1. The summed E-state index contributed by atoms with van der Waals surface area (Å²) in [6.07, 6.45) is 0. The number of halogens is 1. The van der Waals surface area contributed by atoms with Crippen LogP contribution in [-0.4, -0.2) is 31.4 Å². The topological polar surface area (TPSA) is 70.2 Å². The molecule has 0 bridgehead atoms. The van der Waals surface area contributed by atoms with Gasteiger partial charge in [0.15, 0.2) is 0 Å². The maximum atomic E-state index is 11.8. The van der Waals surface area contributed by atoms with Crippen molar-refractivity contribution in [3.63, 3.8) is 0 Å². The number of carbonyl (C=O) groups is 2. The number of hydrogen-bond acceptors (Lipinski definition) is 3. The summed E-state index contributed by atoms with van der Waals surface area (Å²) in [5.74, 6) is -0.260. The van der Waals surface area contributed by atoms with E-state index in [1.807, 2.05) is 27.8 Å². The zero-order valence-electron chi connectivity index (χ0n) is 12.9. The molecule has 0 aliphatic heterocycles. The van der Waals surface area contributed by atoms with Crippen LogP contribution in [0.3, 0.4) is 0 Å². The highest BCUT2D eigenvalue weighted by atomic mass is 35.5. The molecule has 1 aromatic carbocycles. The molecule has 1 unspecified atom stereocenters. The first-order valence-corrected chi connectivity index (χ1v) is 6.80. The fraction of sp³-hybridized carbons (Fsp3) is 0.467. The Hall–Kier alpha value is -1.59. The minimum atomic E-state index is -0.110. The van der Waals surface area contributed by atoms with Crippen LogP contribution in [0.5, 0.6) is 0 Å². The van der Waals surface area contributed by atoms with Crippen molar-refractivity contribution in [1.29, 1.82) is 0 Å². The average molecular weight is 314 g/mol. The lowest BCUT2D eigenvalue weighted by Crippen LogP contribution is -2.30. The fourth-order valence-corrected chi connectivity index (χ4v) is 1.71. The van der Waals surface area contributed by atoms with Gasteiger partial charge in [0.05, 0.1) is 0 Å². The Labute approximate surface area is 132 Å². The SMILES string of the molecule is CNCC(C)C(=O)Nc1ccc(C(=O)NC(C)C)cc1.Cl. The van der Waals surface area contributed by atoms with Crippen LogP contribution in [0.4, 0.5) is 5.69 Å². The van der Waals surface area contributed by atoms with E-state index in [-0.39, 0.29) is 36.2 Å². The molecule has 6 heteroatoms. The normalized spacial score (nSPS) is 11.5. The first-order chi connectivity index (χ1) is 9.43. The molecule has 1 aromatic rings. The summed E-state index contributed by atoms with van der Waals surface area (Å²) < 4.78 is 0. The quantitative estimate of drug-likeness (QED) is 0.752. The van der Waals surface area contributed by atoms with Gasteiger partial charge < -0.3 is 16.0 Å². The van der Waals surface area contributed by atoms with Crippen molar-refractivity contribution in [2.24, 2.45) is 5.92 Å². The molecular formula is C15H24ClN3O2. The van der Waals surface area contributed by atoms with Gasteiger partial charge in [0.1, 0.15) is 0 Å². The molecule has 0 saturated heterocycles. The molecule has 0 radical (unpaired) electrons. The molecule has 0 heterocycles. The minimum Gasteiger partial charge on any atom is -0.350 e. The second-order valence-corrected chi connectivity index (χ2v) is 5.15. The van der Waals surface area contributed by atoms with Crippen molar-refractivity contribution < 1.29 is 9.59 Å². The highest BCUT2D eigenvalue weighted by molar-refractivity contribution is 5.96. The molecule has 0 saturated carbocycles. The van der Waals surface area contributed by atoms with Crippen LogP contribution >= 0.6 is 12.4 Å². The molecule has 2 amide bonds. The van der Waals surface area contributed by atoms with E-state index in [4.69, 9.17) is 0 Å². The van der Waals surface area contributed by atoms with Gasteiger partial charge in [-0.05, 0) is 45.2 Å². The zero-order valence-corrected chi connectivity index (χ0v) is 13.7. The van der Waals surface area contributed by atoms with Crippen LogP contribution in [0.1, 0.15) is 31.1 Å². The summed E-state index contributed by atoms with van der Waals surface area (Å²) in [5, 5.41) is 8.61. The third kappa shape index (κ3) is 6.60. The molecule has 118 valence electrons. The monoisotopic (exact) mass is 313 g/mol. The van der Waals surface area contributed by atoms with Crippen LogP contribution in [-0.2, 0) is 4.79 Å². The maximum Gasteiger partial charge on any atom is 0.251 e. The van der Waals surface area contributed by atoms with E-state index in [2.05, 4.69) is 16.0 Å². The summed E-state index contributed by atoms with van der Waals surface area (Å²) in [6, 6.07) is 6.98. The van der Waals surface area contributed by atoms with Crippen molar-refractivity contribution in [1.82, 2.24) is 10.6 Å². The molecular weight excluding hydrogens is 290 g/mol. The Kier molecular flexibility index (Phi) is 8.66. The highest BCUT2D eigenvalue weighted by Crippen LogP contribution is 2.11. The van der Waals surface area contributed by atoms with Crippen molar-refractivity contribution in [2.45, 2.75) is 26.8 Å². The molecule has 0 aliphatic rings.